The first-order chi connectivity index (χ1) is 15.4. The van der Waals surface area contributed by atoms with E-state index in [0.29, 0.717) is 12.1 Å². The molecule has 2 aliphatic rings. The van der Waals surface area contributed by atoms with Gasteiger partial charge in [0.25, 0.3) is 5.91 Å². The Morgan fingerprint density at radius 2 is 1.81 bits per heavy atom. The predicted octanol–water partition coefficient (Wildman–Crippen LogP) is 3.66. The van der Waals surface area contributed by atoms with Crippen LogP contribution in [-0.4, -0.2) is 41.6 Å². The van der Waals surface area contributed by atoms with Crippen molar-refractivity contribution in [2.75, 3.05) is 11.9 Å². The Kier molecular flexibility index (Phi) is 6.81. The molecule has 32 heavy (non-hydrogen) atoms. The van der Waals surface area contributed by atoms with Crippen molar-refractivity contribution in [3.8, 4) is 5.75 Å². The van der Waals surface area contributed by atoms with Gasteiger partial charge in [0, 0.05) is 35.8 Å². The van der Waals surface area contributed by atoms with Crippen LogP contribution in [-0.2, 0) is 11.3 Å². The number of halogens is 2. The summed E-state index contributed by atoms with van der Waals surface area (Å²) in [7, 11) is 0. The number of anilines is 1. The minimum absolute atomic E-state index is 0.0823. The molecule has 2 saturated heterocycles. The number of carbonyl (C=O) groups excluding carboxylic acids is 2. The molecule has 3 atom stereocenters. The summed E-state index contributed by atoms with van der Waals surface area (Å²) in [5.41, 5.74) is 6.42. The molecule has 7 nitrogen and oxygen atoms in total. The molecule has 0 unspecified atom stereocenters. The fraction of sp³-hybridized carbons (Fsp3) is 0.391. The molecule has 2 aromatic rings. The van der Waals surface area contributed by atoms with Crippen molar-refractivity contribution in [1.82, 2.24) is 10.2 Å². The van der Waals surface area contributed by atoms with Crippen LogP contribution in [0, 0.1) is 5.82 Å². The average molecular weight is 461 g/mol. The van der Waals surface area contributed by atoms with E-state index in [1.54, 1.807) is 0 Å². The summed E-state index contributed by atoms with van der Waals surface area (Å²) in [6.45, 7) is 0.649. The first-order valence-electron chi connectivity index (χ1n) is 10.7. The van der Waals surface area contributed by atoms with Crippen LogP contribution in [0.1, 0.15) is 31.2 Å². The van der Waals surface area contributed by atoms with Gasteiger partial charge in [0.1, 0.15) is 11.6 Å². The maximum absolute atomic E-state index is 13.4. The number of primary amides is 1. The number of amides is 3. The second-order valence-corrected chi connectivity index (χ2v) is 8.77. The van der Waals surface area contributed by atoms with E-state index in [4.69, 9.17) is 22.1 Å². The number of nitrogens with one attached hydrogen (secondary N) is 2. The summed E-state index contributed by atoms with van der Waals surface area (Å²) in [5, 5.41) is 6.09. The Hall–Kier alpha value is -2.84. The molecular formula is C23H26ClFN4O3. The molecule has 2 aromatic carbocycles. The van der Waals surface area contributed by atoms with Gasteiger partial charge in [-0.3, -0.25) is 9.69 Å². The lowest BCUT2D eigenvalue weighted by atomic mass is 9.96. The van der Waals surface area contributed by atoms with E-state index in [0.717, 1.165) is 43.3 Å². The zero-order valence-corrected chi connectivity index (χ0v) is 18.3. The Balaban J connectivity index is 1.29. The molecule has 2 heterocycles. The van der Waals surface area contributed by atoms with Crippen LogP contribution < -0.4 is 21.1 Å². The van der Waals surface area contributed by atoms with Crippen molar-refractivity contribution in [1.29, 1.82) is 0 Å². The highest BCUT2D eigenvalue weighted by atomic mass is 35.5. The average Bonchev–Trinajstić information content (AvgIpc) is 2.96. The fourth-order valence-electron chi connectivity index (χ4n) is 4.72. The molecule has 2 bridgehead atoms. The maximum atomic E-state index is 13.4. The number of rotatable bonds is 7. The number of fused-ring (bicyclic) bond motifs is 2. The smallest absolute Gasteiger partial charge is 0.316 e. The van der Waals surface area contributed by atoms with Crippen molar-refractivity contribution in [2.45, 2.75) is 50.4 Å². The highest BCUT2D eigenvalue weighted by Gasteiger charge is 2.40. The number of nitrogens with two attached hydrogens (primary N) is 1. The summed E-state index contributed by atoms with van der Waals surface area (Å²) in [6.07, 6.45) is 4.03. The van der Waals surface area contributed by atoms with Gasteiger partial charge in [0.2, 0.25) is 0 Å². The summed E-state index contributed by atoms with van der Waals surface area (Å²) in [5.74, 6) is -0.625. The maximum Gasteiger partial charge on any atom is 0.316 e. The van der Waals surface area contributed by atoms with E-state index in [1.807, 2.05) is 12.1 Å². The van der Waals surface area contributed by atoms with Gasteiger partial charge in [-0.15, -0.1) is 0 Å². The third-order valence-electron chi connectivity index (χ3n) is 6.09. The topological polar surface area (TPSA) is 96.7 Å². The van der Waals surface area contributed by atoms with Gasteiger partial charge in [-0.25, -0.2) is 9.18 Å². The van der Waals surface area contributed by atoms with E-state index in [1.165, 1.54) is 17.7 Å². The SMILES string of the molecule is NC(=O)Nc1cc(F)ccc1OCC(=O)N[C@H]1C[C@H]2CC[C@@H](C1)N2Cc1ccc(Cl)cc1. The summed E-state index contributed by atoms with van der Waals surface area (Å²) in [6, 6.07) is 11.7. The zero-order chi connectivity index (χ0) is 22.7. The first-order valence-corrected chi connectivity index (χ1v) is 11.0. The minimum atomic E-state index is -0.842. The van der Waals surface area contributed by atoms with Gasteiger partial charge in [-0.1, -0.05) is 23.7 Å². The van der Waals surface area contributed by atoms with Gasteiger partial charge < -0.3 is 21.1 Å². The molecule has 9 heteroatoms. The molecule has 2 fully saturated rings. The van der Waals surface area contributed by atoms with Crippen molar-refractivity contribution in [2.24, 2.45) is 5.73 Å². The van der Waals surface area contributed by atoms with Crippen LogP contribution in [0.5, 0.6) is 5.75 Å². The number of ether oxygens (including phenoxy) is 1. The molecule has 0 radical (unpaired) electrons. The minimum Gasteiger partial charge on any atom is -0.482 e. The lowest BCUT2D eigenvalue weighted by Gasteiger charge is -2.39. The Morgan fingerprint density at radius 1 is 1.12 bits per heavy atom. The van der Waals surface area contributed by atoms with E-state index in [-0.39, 0.29) is 30.0 Å². The quantitative estimate of drug-likeness (QED) is 0.587. The highest BCUT2D eigenvalue weighted by molar-refractivity contribution is 6.30. The molecular weight excluding hydrogens is 435 g/mol. The number of urea groups is 1. The highest BCUT2D eigenvalue weighted by Crippen LogP contribution is 2.37. The normalized spacial score (nSPS) is 22.4. The third kappa shape index (κ3) is 5.49. The second kappa shape index (κ2) is 9.75. The van der Waals surface area contributed by atoms with Crippen LogP contribution in [0.3, 0.4) is 0 Å². The number of piperidine rings is 1. The van der Waals surface area contributed by atoms with Crippen LogP contribution in [0.25, 0.3) is 0 Å². The summed E-state index contributed by atoms with van der Waals surface area (Å²) in [4.78, 5) is 26.1. The van der Waals surface area contributed by atoms with E-state index < -0.39 is 11.8 Å². The molecule has 0 aromatic heterocycles. The lowest BCUT2D eigenvalue weighted by molar-refractivity contribution is -0.124. The number of hydrogen-bond acceptors (Lipinski definition) is 4. The third-order valence-corrected chi connectivity index (χ3v) is 6.34. The van der Waals surface area contributed by atoms with Gasteiger partial charge in [-0.05, 0) is 55.5 Å². The van der Waals surface area contributed by atoms with Crippen LogP contribution in [0.4, 0.5) is 14.9 Å². The Morgan fingerprint density at radius 3 is 2.47 bits per heavy atom. The second-order valence-electron chi connectivity index (χ2n) is 8.34. The molecule has 0 aliphatic carbocycles. The molecule has 4 rings (SSSR count). The summed E-state index contributed by atoms with van der Waals surface area (Å²) < 4.78 is 18.9. The Bertz CT molecular complexity index is 974. The van der Waals surface area contributed by atoms with Crippen molar-refractivity contribution < 1.29 is 18.7 Å². The first kappa shape index (κ1) is 22.4. The van der Waals surface area contributed by atoms with Crippen LogP contribution in [0.2, 0.25) is 5.02 Å². The molecule has 3 amide bonds. The zero-order valence-electron chi connectivity index (χ0n) is 17.5. The van der Waals surface area contributed by atoms with Gasteiger partial charge in [0.05, 0.1) is 5.69 Å². The largest absolute Gasteiger partial charge is 0.482 e. The van der Waals surface area contributed by atoms with Crippen LogP contribution in [0.15, 0.2) is 42.5 Å². The van der Waals surface area contributed by atoms with Crippen molar-refractivity contribution >= 4 is 29.2 Å². The molecule has 0 saturated carbocycles. The van der Waals surface area contributed by atoms with E-state index in [2.05, 4.69) is 27.7 Å². The number of carbonyl (C=O) groups is 2. The summed E-state index contributed by atoms with van der Waals surface area (Å²) >= 11 is 5.99. The standard InChI is InChI=1S/C23H26ClFN4O3/c24-15-3-1-14(2-4-15)12-29-18-6-7-19(29)11-17(10-18)27-22(30)13-32-21-8-5-16(25)9-20(21)28-23(26)31/h1-5,8-9,17-19H,6-7,10-13H2,(H,27,30)(H3,26,28,31)/t17-,18+,19-. The van der Waals surface area contributed by atoms with E-state index in [9.17, 15) is 14.0 Å². The fourth-order valence-corrected chi connectivity index (χ4v) is 4.85. The van der Waals surface area contributed by atoms with E-state index >= 15 is 0 Å². The van der Waals surface area contributed by atoms with Gasteiger partial charge in [-0.2, -0.15) is 0 Å². The van der Waals surface area contributed by atoms with Gasteiger partial charge in [0.15, 0.2) is 6.61 Å². The monoisotopic (exact) mass is 460 g/mol. The lowest BCUT2D eigenvalue weighted by Crippen LogP contribution is -2.50. The van der Waals surface area contributed by atoms with Crippen LogP contribution >= 0.6 is 11.6 Å². The van der Waals surface area contributed by atoms with Crippen molar-refractivity contribution in [3.63, 3.8) is 0 Å². The number of nitrogens with zero attached hydrogens (tertiary/aromatic N) is 1. The molecule has 2 aliphatic heterocycles. The Labute approximate surface area is 191 Å². The number of benzene rings is 2. The number of hydrogen-bond donors (Lipinski definition) is 3. The molecule has 0 spiro atoms. The predicted molar refractivity (Wildman–Crippen MR) is 120 cm³/mol. The molecule has 170 valence electrons. The van der Waals surface area contributed by atoms with Crippen molar-refractivity contribution in [3.05, 3.63) is 58.9 Å². The molecule has 4 N–H and O–H groups in total. The van der Waals surface area contributed by atoms with Gasteiger partial charge >= 0.3 is 6.03 Å².